The Hall–Kier alpha value is -1.94. The zero-order valence-corrected chi connectivity index (χ0v) is 12.3. The summed E-state index contributed by atoms with van der Waals surface area (Å²) in [6, 6.07) is 10.3. The number of rotatable bonds is 4. The van der Waals surface area contributed by atoms with Gasteiger partial charge in [0.1, 0.15) is 23.2 Å². The number of ether oxygens (including phenoxy) is 1. The highest BCUT2D eigenvalue weighted by atomic mass is 32.1. The molecule has 0 aliphatic carbocycles. The van der Waals surface area contributed by atoms with Gasteiger partial charge in [-0.25, -0.2) is 4.39 Å². The van der Waals surface area contributed by atoms with Crippen molar-refractivity contribution in [1.29, 1.82) is 0 Å². The molecular weight excluding hydrogens is 273 g/mol. The SMILES string of the molecule is Cc1cc(F)ccc1COc1cc(C(N)=S)ccc1C. The van der Waals surface area contributed by atoms with Gasteiger partial charge in [-0.2, -0.15) is 0 Å². The highest BCUT2D eigenvalue weighted by Gasteiger charge is 2.06. The van der Waals surface area contributed by atoms with E-state index in [1.165, 1.54) is 12.1 Å². The molecule has 0 amide bonds. The van der Waals surface area contributed by atoms with Gasteiger partial charge in [-0.3, -0.25) is 0 Å². The van der Waals surface area contributed by atoms with E-state index >= 15 is 0 Å². The number of thiocarbonyl (C=S) groups is 1. The second-order valence-electron chi connectivity index (χ2n) is 4.70. The smallest absolute Gasteiger partial charge is 0.123 e. The van der Waals surface area contributed by atoms with Crippen LogP contribution < -0.4 is 10.5 Å². The fraction of sp³-hybridized carbons (Fsp3) is 0.188. The van der Waals surface area contributed by atoms with Crippen molar-refractivity contribution in [2.24, 2.45) is 5.73 Å². The standard InChI is InChI=1S/C16H16FNOS/c1-10-3-4-12(16(18)20)8-15(10)19-9-13-5-6-14(17)7-11(13)2/h3-8H,9H2,1-2H3,(H2,18,20). The molecule has 0 fully saturated rings. The molecule has 2 aromatic rings. The average molecular weight is 289 g/mol. The van der Waals surface area contributed by atoms with Gasteiger partial charge in [-0.05, 0) is 48.7 Å². The van der Waals surface area contributed by atoms with Crippen LogP contribution in [0.3, 0.4) is 0 Å². The molecule has 0 unspecified atom stereocenters. The maximum Gasteiger partial charge on any atom is 0.123 e. The molecule has 0 saturated carbocycles. The molecule has 2 rings (SSSR count). The van der Waals surface area contributed by atoms with Crippen LogP contribution in [-0.4, -0.2) is 4.99 Å². The summed E-state index contributed by atoms with van der Waals surface area (Å²) in [6.07, 6.45) is 0. The number of nitrogens with two attached hydrogens (primary N) is 1. The van der Waals surface area contributed by atoms with Gasteiger partial charge in [0.05, 0.1) is 0 Å². The van der Waals surface area contributed by atoms with E-state index < -0.39 is 0 Å². The second kappa shape index (κ2) is 6.01. The molecule has 0 atom stereocenters. The number of halogens is 1. The third-order valence-corrected chi connectivity index (χ3v) is 3.40. The highest BCUT2D eigenvalue weighted by molar-refractivity contribution is 7.80. The van der Waals surface area contributed by atoms with Crippen molar-refractivity contribution in [3.63, 3.8) is 0 Å². The fourth-order valence-corrected chi connectivity index (χ4v) is 2.01. The predicted octanol–water partition coefficient (Wildman–Crippen LogP) is 3.66. The minimum absolute atomic E-state index is 0.238. The Morgan fingerprint density at radius 2 is 1.90 bits per heavy atom. The van der Waals surface area contributed by atoms with E-state index in [2.05, 4.69) is 0 Å². The Kier molecular flexibility index (Phi) is 4.35. The van der Waals surface area contributed by atoms with Crippen LogP contribution in [0.25, 0.3) is 0 Å². The summed E-state index contributed by atoms with van der Waals surface area (Å²) in [6.45, 7) is 4.20. The van der Waals surface area contributed by atoms with Gasteiger partial charge in [-0.15, -0.1) is 0 Å². The Bertz CT molecular complexity index is 655. The van der Waals surface area contributed by atoms with Crippen molar-refractivity contribution < 1.29 is 9.13 Å². The molecule has 20 heavy (non-hydrogen) atoms. The lowest BCUT2D eigenvalue weighted by molar-refractivity contribution is 0.303. The van der Waals surface area contributed by atoms with Crippen LogP contribution in [0.4, 0.5) is 4.39 Å². The Morgan fingerprint density at radius 3 is 2.55 bits per heavy atom. The Labute approximate surface area is 123 Å². The molecule has 0 spiro atoms. The van der Waals surface area contributed by atoms with E-state index in [4.69, 9.17) is 22.7 Å². The molecule has 104 valence electrons. The number of hydrogen-bond acceptors (Lipinski definition) is 2. The lowest BCUT2D eigenvalue weighted by atomic mass is 10.1. The van der Waals surface area contributed by atoms with E-state index in [1.54, 1.807) is 6.07 Å². The number of aryl methyl sites for hydroxylation is 2. The first-order valence-electron chi connectivity index (χ1n) is 6.25. The number of hydrogen-bond donors (Lipinski definition) is 1. The quantitative estimate of drug-likeness (QED) is 0.873. The van der Waals surface area contributed by atoms with Crippen molar-refractivity contribution in [2.75, 3.05) is 0 Å². The summed E-state index contributed by atoms with van der Waals surface area (Å²) in [5, 5.41) is 0. The van der Waals surface area contributed by atoms with Crippen molar-refractivity contribution in [2.45, 2.75) is 20.5 Å². The third kappa shape index (κ3) is 3.33. The summed E-state index contributed by atoms with van der Waals surface area (Å²) in [5.74, 6) is 0.497. The minimum Gasteiger partial charge on any atom is -0.489 e. The molecule has 0 aromatic heterocycles. The first kappa shape index (κ1) is 14.5. The van der Waals surface area contributed by atoms with Gasteiger partial charge < -0.3 is 10.5 Å². The molecule has 0 heterocycles. The molecule has 4 heteroatoms. The summed E-state index contributed by atoms with van der Waals surface area (Å²) < 4.78 is 18.8. The lowest BCUT2D eigenvalue weighted by Gasteiger charge is -2.12. The van der Waals surface area contributed by atoms with Gasteiger partial charge in [0.25, 0.3) is 0 Å². The average Bonchev–Trinajstić information content (AvgIpc) is 2.39. The summed E-state index contributed by atoms with van der Waals surface area (Å²) in [5.41, 5.74) is 9.21. The molecular formula is C16H16FNOS. The molecule has 2 aromatic carbocycles. The minimum atomic E-state index is -0.238. The van der Waals surface area contributed by atoms with E-state index in [0.29, 0.717) is 11.6 Å². The van der Waals surface area contributed by atoms with Crippen molar-refractivity contribution in [3.05, 3.63) is 64.5 Å². The van der Waals surface area contributed by atoms with Crippen molar-refractivity contribution in [1.82, 2.24) is 0 Å². The van der Waals surface area contributed by atoms with Crippen LogP contribution in [0, 0.1) is 19.7 Å². The van der Waals surface area contributed by atoms with Gasteiger partial charge in [-0.1, -0.05) is 30.4 Å². The maximum absolute atomic E-state index is 13.0. The second-order valence-corrected chi connectivity index (χ2v) is 5.14. The normalized spacial score (nSPS) is 10.3. The van der Waals surface area contributed by atoms with Gasteiger partial charge in [0.15, 0.2) is 0 Å². The van der Waals surface area contributed by atoms with E-state index in [0.717, 1.165) is 28.0 Å². The topological polar surface area (TPSA) is 35.2 Å². The van der Waals surface area contributed by atoms with E-state index in [1.807, 2.05) is 32.0 Å². The molecule has 2 nitrogen and oxygen atoms in total. The first-order valence-corrected chi connectivity index (χ1v) is 6.66. The van der Waals surface area contributed by atoms with Crippen molar-refractivity contribution in [3.8, 4) is 5.75 Å². The first-order chi connectivity index (χ1) is 9.47. The predicted molar refractivity (Wildman–Crippen MR) is 82.5 cm³/mol. The van der Waals surface area contributed by atoms with Crippen LogP contribution >= 0.6 is 12.2 Å². The van der Waals surface area contributed by atoms with Crippen LogP contribution in [0.15, 0.2) is 36.4 Å². The highest BCUT2D eigenvalue weighted by Crippen LogP contribution is 2.21. The summed E-state index contributed by atoms with van der Waals surface area (Å²) in [7, 11) is 0. The van der Waals surface area contributed by atoms with Crippen LogP contribution in [0.2, 0.25) is 0 Å². The van der Waals surface area contributed by atoms with Crippen molar-refractivity contribution >= 4 is 17.2 Å². The van der Waals surface area contributed by atoms with Crippen LogP contribution in [0.1, 0.15) is 22.3 Å². The molecule has 0 aliphatic heterocycles. The summed E-state index contributed by atoms with van der Waals surface area (Å²) >= 11 is 4.96. The third-order valence-electron chi connectivity index (χ3n) is 3.16. The number of benzene rings is 2. The maximum atomic E-state index is 13.0. The zero-order valence-electron chi connectivity index (χ0n) is 11.4. The lowest BCUT2D eigenvalue weighted by Crippen LogP contribution is -2.10. The molecule has 0 aliphatic rings. The molecule has 0 saturated heterocycles. The van der Waals surface area contributed by atoms with Gasteiger partial charge >= 0.3 is 0 Å². The van der Waals surface area contributed by atoms with Gasteiger partial charge in [0.2, 0.25) is 0 Å². The fourth-order valence-electron chi connectivity index (χ4n) is 1.89. The monoisotopic (exact) mass is 289 g/mol. The van der Waals surface area contributed by atoms with E-state index in [9.17, 15) is 4.39 Å². The summed E-state index contributed by atoms with van der Waals surface area (Å²) in [4.78, 5) is 0.341. The largest absolute Gasteiger partial charge is 0.489 e. The Balaban J connectivity index is 2.18. The van der Waals surface area contributed by atoms with Crippen LogP contribution in [0.5, 0.6) is 5.75 Å². The molecule has 0 bridgehead atoms. The van der Waals surface area contributed by atoms with Crippen LogP contribution in [-0.2, 0) is 6.61 Å². The zero-order chi connectivity index (χ0) is 14.7. The molecule has 2 N–H and O–H groups in total. The Morgan fingerprint density at radius 1 is 1.15 bits per heavy atom. The van der Waals surface area contributed by atoms with E-state index in [-0.39, 0.29) is 5.82 Å². The molecule has 0 radical (unpaired) electrons. The van der Waals surface area contributed by atoms with Gasteiger partial charge in [0, 0.05) is 5.56 Å².